The zero-order chi connectivity index (χ0) is 18.0. The topological polar surface area (TPSA) is 108 Å². The SMILES string of the molecule is Cc1ncoc1C(=O)NCC1(O)CCN(c2cc(N(C)C)ncn2)C1. The van der Waals surface area contributed by atoms with Crippen molar-refractivity contribution in [1.29, 1.82) is 0 Å². The number of anilines is 2. The minimum absolute atomic E-state index is 0.133. The van der Waals surface area contributed by atoms with Gasteiger partial charge >= 0.3 is 0 Å². The number of rotatable bonds is 5. The van der Waals surface area contributed by atoms with Crippen LogP contribution in [-0.4, -0.2) is 65.3 Å². The maximum atomic E-state index is 12.1. The van der Waals surface area contributed by atoms with Crippen LogP contribution in [0.3, 0.4) is 0 Å². The molecule has 1 saturated heterocycles. The van der Waals surface area contributed by atoms with Crippen molar-refractivity contribution in [3.8, 4) is 0 Å². The molecule has 9 heteroatoms. The highest BCUT2D eigenvalue weighted by atomic mass is 16.3. The number of aryl methyl sites for hydroxylation is 1. The second-order valence-corrected chi connectivity index (χ2v) is 6.47. The molecule has 1 fully saturated rings. The van der Waals surface area contributed by atoms with Crippen molar-refractivity contribution in [3.05, 3.63) is 30.2 Å². The number of nitrogens with zero attached hydrogens (tertiary/aromatic N) is 5. The number of β-amino-alcohol motifs (C(OH)–C–C–N with tert-alkyl or cyclic N) is 1. The van der Waals surface area contributed by atoms with E-state index < -0.39 is 5.60 Å². The highest BCUT2D eigenvalue weighted by Crippen LogP contribution is 2.26. The molecule has 0 spiro atoms. The van der Waals surface area contributed by atoms with Gasteiger partial charge < -0.3 is 24.6 Å². The molecule has 0 radical (unpaired) electrons. The fourth-order valence-electron chi connectivity index (χ4n) is 2.80. The van der Waals surface area contributed by atoms with Crippen molar-refractivity contribution in [2.45, 2.75) is 18.9 Å². The summed E-state index contributed by atoms with van der Waals surface area (Å²) in [6.45, 7) is 2.86. The third-order valence-corrected chi connectivity index (χ3v) is 4.28. The Morgan fingerprint density at radius 1 is 1.44 bits per heavy atom. The van der Waals surface area contributed by atoms with E-state index in [0.717, 1.165) is 11.6 Å². The quantitative estimate of drug-likeness (QED) is 0.791. The molecule has 0 saturated carbocycles. The van der Waals surface area contributed by atoms with Crippen molar-refractivity contribution in [2.75, 3.05) is 43.5 Å². The highest BCUT2D eigenvalue weighted by Gasteiger charge is 2.37. The van der Waals surface area contributed by atoms with Crippen LogP contribution in [-0.2, 0) is 0 Å². The van der Waals surface area contributed by atoms with E-state index in [1.54, 1.807) is 6.92 Å². The predicted octanol–water partition coefficient (Wildman–Crippen LogP) is 0.210. The zero-order valence-electron chi connectivity index (χ0n) is 14.6. The third-order valence-electron chi connectivity index (χ3n) is 4.28. The number of aliphatic hydroxyl groups is 1. The number of hydrogen-bond donors (Lipinski definition) is 2. The van der Waals surface area contributed by atoms with Crippen LogP contribution in [0.15, 0.2) is 23.2 Å². The van der Waals surface area contributed by atoms with Gasteiger partial charge in [-0.05, 0) is 13.3 Å². The first kappa shape index (κ1) is 17.2. The largest absolute Gasteiger partial charge is 0.438 e. The van der Waals surface area contributed by atoms with Crippen LogP contribution in [0.4, 0.5) is 11.6 Å². The average molecular weight is 346 g/mol. The molecule has 1 atom stereocenters. The Balaban J connectivity index is 1.62. The van der Waals surface area contributed by atoms with E-state index in [9.17, 15) is 9.90 Å². The summed E-state index contributed by atoms with van der Waals surface area (Å²) in [6.07, 6.45) is 3.27. The first-order valence-corrected chi connectivity index (χ1v) is 8.03. The van der Waals surface area contributed by atoms with Crippen molar-refractivity contribution >= 4 is 17.5 Å². The second kappa shape index (κ2) is 6.67. The molecule has 3 rings (SSSR count). The molecule has 1 aliphatic heterocycles. The van der Waals surface area contributed by atoms with E-state index in [1.165, 1.54) is 12.7 Å². The van der Waals surface area contributed by atoms with Gasteiger partial charge in [0.1, 0.15) is 23.6 Å². The molecular formula is C16H22N6O3. The Morgan fingerprint density at radius 2 is 2.24 bits per heavy atom. The zero-order valence-corrected chi connectivity index (χ0v) is 14.6. The van der Waals surface area contributed by atoms with E-state index in [-0.39, 0.29) is 18.2 Å². The van der Waals surface area contributed by atoms with Crippen molar-refractivity contribution < 1.29 is 14.3 Å². The van der Waals surface area contributed by atoms with Gasteiger partial charge in [-0.2, -0.15) is 0 Å². The molecular weight excluding hydrogens is 324 g/mol. The van der Waals surface area contributed by atoms with Crippen molar-refractivity contribution in [1.82, 2.24) is 20.3 Å². The lowest BCUT2D eigenvalue weighted by atomic mass is 10.0. The van der Waals surface area contributed by atoms with E-state index in [2.05, 4.69) is 20.3 Å². The number of aromatic nitrogens is 3. The fourth-order valence-corrected chi connectivity index (χ4v) is 2.80. The molecule has 2 N–H and O–H groups in total. The van der Waals surface area contributed by atoms with Gasteiger partial charge in [0.2, 0.25) is 5.76 Å². The molecule has 0 aliphatic carbocycles. The van der Waals surface area contributed by atoms with Gasteiger partial charge in [-0.1, -0.05) is 0 Å². The number of carbonyl (C=O) groups excluding carboxylic acids is 1. The first-order chi connectivity index (χ1) is 11.9. The maximum Gasteiger partial charge on any atom is 0.289 e. The minimum atomic E-state index is -1.02. The van der Waals surface area contributed by atoms with E-state index in [0.29, 0.717) is 25.2 Å². The van der Waals surface area contributed by atoms with Crippen LogP contribution in [0.2, 0.25) is 0 Å². The van der Waals surface area contributed by atoms with E-state index >= 15 is 0 Å². The number of amides is 1. The number of carbonyl (C=O) groups is 1. The summed E-state index contributed by atoms with van der Waals surface area (Å²) in [7, 11) is 3.82. The van der Waals surface area contributed by atoms with Crippen LogP contribution in [0, 0.1) is 6.92 Å². The Kier molecular flexibility index (Phi) is 4.58. The second-order valence-electron chi connectivity index (χ2n) is 6.47. The van der Waals surface area contributed by atoms with E-state index in [4.69, 9.17) is 4.42 Å². The lowest BCUT2D eigenvalue weighted by Crippen LogP contribution is -2.45. The number of hydrogen-bond acceptors (Lipinski definition) is 8. The van der Waals surface area contributed by atoms with Crippen LogP contribution in [0.5, 0.6) is 0 Å². The standard InChI is InChI=1S/C16H22N6O3/c1-11-14(25-10-20-11)15(23)17-7-16(24)4-5-22(8-16)13-6-12(21(2)3)18-9-19-13/h6,9-10,24H,4-5,7-8H2,1-3H3,(H,17,23). The molecule has 0 bridgehead atoms. The van der Waals surface area contributed by atoms with Gasteiger partial charge in [-0.25, -0.2) is 15.0 Å². The van der Waals surface area contributed by atoms with Crippen LogP contribution < -0.4 is 15.1 Å². The lowest BCUT2D eigenvalue weighted by molar-refractivity contribution is 0.0566. The summed E-state index contributed by atoms with van der Waals surface area (Å²) < 4.78 is 5.06. The molecule has 2 aromatic heterocycles. The molecule has 1 aliphatic rings. The normalized spacial score (nSPS) is 19.9. The van der Waals surface area contributed by atoms with Gasteiger partial charge in [0.25, 0.3) is 5.91 Å². The predicted molar refractivity (Wildman–Crippen MR) is 91.7 cm³/mol. The van der Waals surface area contributed by atoms with Crippen molar-refractivity contribution in [2.24, 2.45) is 0 Å². The van der Waals surface area contributed by atoms with Gasteiger partial charge in [0.05, 0.1) is 5.69 Å². The van der Waals surface area contributed by atoms with Crippen LogP contribution in [0.1, 0.15) is 22.7 Å². The highest BCUT2D eigenvalue weighted by molar-refractivity contribution is 5.92. The molecule has 0 aromatic carbocycles. The Hall–Kier alpha value is -2.68. The summed E-state index contributed by atoms with van der Waals surface area (Å²) in [5.41, 5.74) is -0.498. The molecule has 9 nitrogen and oxygen atoms in total. The molecule has 1 unspecified atom stereocenters. The van der Waals surface area contributed by atoms with Crippen molar-refractivity contribution in [3.63, 3.8) is 0 Å². The van der Waals surface area contributed by atoms with Gasteiger partial charge in [-0.3, -0.25) is 4.79 Å². The monoisotopic (exact) mass is 346 g/mol. The molecule has 134 valence electrons. The Bertz CT molecular complexity index is 762. The lowest BCUT2D eigenvalue weighted by Gasteiger charge is -2.24. The minimum Gasteiger partial charge on any atom is -0.438 e. The van der Waals surface area contributed by atoms with Crippen LogP contribution in [0.25, 0.3) is 0 Å². The summed E-state index contributed by atoms with van der Waals surface area (Å²) >= 11 is 0. The summed E-state index contributed by atoms with van der Waals surface area (Å²) in [6, 6.07) is 1.88. The maximum absolute atomic E-state index is 12.1. The smallest absolute Gasteiger partial charge is 0.289 e. The molecule has 1 amide bonds. The Labute approximate surface area is 145 Å². The summed E-state index contributed by atoms with van der Waals surface area (Å²) in [5.74, 6) is 1.35. The first-order valence-electron chi connectivity index (χ1n) is 8.03. The summed E-state index contributed by atoms with van der Waals surface area (Å²) in [5, 5.41) is 13.5. The van der Waals surface area contributed by atoms with Gasteiger partial charge in [-0.15, -0.1) is 0 Å². The number of nitrogens with one attached hydrogen (secondary N) is 1. The van der Waals surface area contributed by atoms with Gasteiger partial charge in [0, 0.05) is 39.8 Å². The van der Waals surface area contributed by atoms with Gasteiger partial charge in [0.15, 0.2) is 6.39 Å². The molecule has 3 heterocycles. The Morgan fingerprint density at radius 3 is 2.92 bits per heavy atom. The molecule has 25 heavy (non-hydrogen) atoms. The summed E-state index contributed by atoms with van der Waals surface area (Å²) in [4.78, 5) is 28.4. The number of oxazole rings is 1. The average Bonchev–Trinajstić information content (AvgIpc) is 3.19. The fraction of sp³-hybridized carbons (Fsp3) is 0.500. The van der Waals surface area contributed by atoms with Crippen LogP contribution >= 0.6 is 0 Å². The van der Waals surface area contributed by atoms with E-state index in [1.807, 2.05) is 30.0 Å². The molecule has 2 aromatic rings. The third kappa shape index (κ3) is 3.71.